The summed E-state index contributed by atoms with van der Waals surface area (Å²) >= 11 is 0. The van der Waals surface area contributed by atoms with Crippen LogP contribution in [0.25, 0.3) is 0 Å². The Morgan fingerprint density at radius 2 is 2.15 bits per heavy atom. The number of anilines is 1. The summed E-state index contributed by atoms with van der Waals surface area (Å²) in [4.78, 5) is 2.42. The molecule has 2 unspecified atom stereocenters. The second-order valence-electron chi connectivity index (χ2n) is 7.46. The van der Waals surface area contributed by atoms with Gasteiger partial charge in [-0.15, -0.1) is 0 Å². The number of rotatable bonds is 5. The van der Waals surface area contributed by atoms with Crippen molar-refractivity contribution in [3.05, 3.63) is 46.6 Å². The number of halogens is 1. The molecule has 0 spiro atoms. The third-order valence-corrected chi connectivity index (χ3v) is 5.91. The molecule has 4 rings (SSSR count). The number of benzene rings is 1. The van der Waals surface area contributed by atoms with Crippen molar-refractivity contribution in [3.8, 4) is 0 Å². The second kappa shape index (κ2) is 6.67. The smallest absolute Gasteiger partial charge is 0.139 e. The van der Waals surface area contributed by atoms with E-state index in [2.05, 4.69) is 22.3 Å². The van der Waals surface area contributed by atoms with Gasteiger partial charge in [-0.05, 0) is 63.0 Å². The lowest BCUT2D eigenvalue weighted by Crippen LogP contribution is -2.48. The van der Waals surface area contributed by atoms with Crippen molar-refractivity contribution in [2.75, 3.05) is 31.6 Å². The molecule has 0 bridgehead atoms. The summed E-state index contributed by atoms with van der Waals surface area (Å²) in [5.41, 5.74) is 3.06. The molecule has 26 heavy (non-hydrogen) atoms. The molecule has 140 valence electrons. The van der Waals surface area contributed by atoms with Crippen molar-refractivity contribution in [1.29, 1.82) is 0 Å². The van der Waals surface area contributed by atoms with Gasteiger partial charge in [0.15, 0.2) is 0 Å². The number of aliphatic hydroxyl groups excluding tert-OH is 1. The highest BCUT2D eigenvalue weighted by molar-refractivity contribution is 5.65. The Morgan fingerprint density at radius 3 is 2.85 bits per heavy atom. The van der Waals surface area contributed by atoms with Crippen LogP contribution in [-0.2, 0) is 12.0 Å². The van der Waals surface area contributed by atoms with Crippen LogP contribution in [0.1, 0.15) is 48.3 Å². The monoisotopic (exact) mass is 359 g/mol. The summed E-state index contributed by atoms with van der Waals surface area (Å²) in [6.45, 7) is 6.73. The van der Waals surface area contributed by atoms with E-state index < -0.39 is 5.54 Å². The van der Waals surface area contributed by atoms with E-state index in [0.717, 1.165) is 54.3 Å². The molecule has 2 aliphatic heterocycles. The highest BCUT2D eigenvalue weighted by Gasteiger charge is 2.51. The van der Waals surface area contributed by atoms with E-state index in [9.17, 15) is 9.50 Å². The summed E-state index contributed by atoms with van der Waals surface area (Å²) in [5.74, 6) is 0.233. The van der Waals surface area contributed by atoms with E-state index in [1.165, 1.54) is 18.9 Å². The van der Waals surface area contributed by atoms with Crippen molar-refractivity contribution in [2.24, 2.45) is 0 Å². The maximum absolute atomic E-state index is 13.9. The van der Waals surface area contributed by atoms with Crippen LogP contribution in [0.3, 0.4) is 0 Å². The van der Waals surface area contributed by atoms with Gasteiger partial charge in [-0.1, -0.05) is 12.1 Å². The predicted octanol–water partition coefficient (Wildman–Crippen LogP) is 3.18. The van der Waals surface area contributed by atoms with E-state index in [0.29, 0.717) is 0 Å². The molecule has 1 aromatic heterocycles. The Hall–Kier alpha value is -1.92. The molecule has 6 heteroatoms. The van der Waals surface area contributed by atoms with E-state index in [1.807, 2.05) is 6.92 Å². The van der Waals surface area contributed by atoms with Gasteiger partial charge in [-0.3, -0.25) is 0 Å². The zero-order chi connectivity index (χ0) is 18.3. The van der Waals surface area contributed by atoms with Crippen LogP contribution >= 0.6 is 0 Å². The van der Waals surface area contributed by atoms with Gasteiger partial charge in [0.2, 0.25) is 0 Å². The molecule has 0 saturated carbocycles. The van der Waals surface area contributed by atoms with Gasteiger partial charge >= 0.3 is 0 Å². The van der Waals surface area contributed by atoms with Crippen LogP contribution in [-0.4, -0.2) is 41.4 Å². The maximum atomic E-state index is 13.9. The van der Waals surface area contributed by atoms with Crippen molar-refractivity contribution in [1.82, 2.24) is 10.1 Å². The number of nitrogens with one attached hydrogen (secondary N) is 1. The maximum Gasteiger partial charge on any atom is 0.139 e. The lowest BCUT2D eigenvalue weighted by atomic mass is 9.76. The lowest BCUT2D eigenvalue weighted by molar-refractivity contribution is 0.180. The molecule has 0 radical (unpaired) electrons. The van der Waals surface area contributed by atoms with Crippen LogP contribution < -0.4 is 5.32 Å². The fraction of sp³-hybridized carbons (Fsp3) is 0.550. The van der Waals surface area contributed by atoms with Crippen LogP contribution in [0.2, 0.25) is 0 Å². The molecular weight excluding hydrogens is 333 g/mol. The molecule has 1 aromatic carbocycles. The molecule has 0 aliphatic carbocycles. The number of fused-ring (bicyclic) bond motifs is 1. The van der Waals surface area contributed by atoms with Gasteiger partial charge in [-0.2, -0.15) is 0 Å². The third-order valence-electron chi connectivity index (χ3n) is 5.91. The fourth-order valence-electron chi connectivity index (χ4n) is 4.77. The molecule has 2 atom stereocenters. The summed E-state index contributed by atoms with van der Waals surface area (Å²) in [5, 5.41) is 18.2. The molecule has 2 N–H and O–H groups in total. The van der Waals surface area contributed by atoms with Gasteiger partial charge in [0.25, 0.3) is 0 Å². The van der Waals surface area contributed by atoms with E-state index in [4.69, 9.17) is 4.52 Å². The number of likely N-dealkylation sites (tertiary alicyclic amines) is 1. The van der Waals surface area contributed by atoms with Crippen LogP contribution in [0.4, 0.5) is 10.1 Å². The average Bonchev–Trinajstić information content (AvgIpc) is 3.32. The SMILES string of the molecule is CCc1noc(C)c1C1(CN2CCCC2)Nc2ccc(F)cc2C1CO. The largest absolute Gasteiger partial charge is 0.396 e. The minimum atomic E-state index is -0.565. The molecule has 0 amide bonds. The Balaban J connectivity index is 1.87. The van der Waals surface area contributed by atoms with E-state index in [-0.39, 0.29) is 18.3 Å². The standard InChI is InChI=1S/C20H26FN3O2/c1-3-17-19(13(2)26-23-17)20(12-24-8-4-5-9-24)16(11-25)15-10-14(21)6-7-18(15)22-20/h6-7,10,16,22,25H,3-5,8-9,11-12H2,1-2H3. The van der Waals surface area contributed by atoms with Gasteiger partial charge in [0.1, 0.15) is 11.6 Å². The average molecular weight is 359 g/mol. The van der Waals surface area contributed by atoms with Gasteiger partial charge in [-0.25, -0.2) is 4.39 Å². The quantitative estimate of drug-likeness (QED) is 0.859. The minimum absolute atomic E-state index is 0.0644. The molecule has 5 nitrogen and oxygen atoms in total. The third kappa shape index (κ3) is 2.63. The predicted molar refractivity (Wildman–Crippen MR) is 97.8 cm³/mol. The fourth-order valence-corrected chi connectivity index (χ4v) is 4.77. The van der Waals surface area contributed by atoms with Crippen LogP contribution in [0.5, 0.6) is 0 Å². The van der Waals surface area contributed by atoms with Crippen molar-refractivity contribution < 1.29 is 14.0 Å². The van der Waals surface area contributed by atoms with E-state index in [1.54, 1.807) is 12.1 Å². The zero-order valence-corrected chi connectivity index (χ0v) is 15.4. The van der Waals surface area contributed by atoms with E-state index >= 15 is 0 Å². The number of hydrogen-bond acceptors (Lipinski definition) is 5. The second-order valence-corrected chi connectivity index (χ2v) is 7.46. The van der Waals surface area contributed by atoms with Crippen molar-refractivity contribution in [3.63, 3.8) is 0 Å². The van der Waals surface area contributed by atoms with Crippen LogP contribution in [0, 0.1) is 12.7 Å². The summed E-state index contributed by atoms with van der Waals surface area (Å²) in [7, 11) is 0. The van der Waals surface area contributed by atoms with Crippen molar-refractivity contribution in [2.45, 2.75) is 44.6 Å². The number of aryl methyl sites for hydroxylation is 2. The number of nitrogens with zero attached hydrogens (tertiary/aromatic N) is 2. The molecular formula is C20H26FN3O2. The first-order valence-electron chi connectivity index (χ1n) is 9.45. The van der Waals surface area contributed by atoms with Gasteiger partial charge < -0.3 is 19.8 Å². The van der Waals surface area contributed by atoms with Gasteiger partial charge in [0, 0.05) is 23.7 Å². The number of aromatic nitrogens is 1. The highest BCUT2D eigenvalue weighted by atomic mass is 19.1. The van der Waals surface area contributed by atoms with Crippen LogP contribution in [0.15, 0.2) is 22.7 Å². The molecule has 1 saturated heterocycles. The topological polar surface area (TPSA) is 61.5 Å². The molecule has 2 aliphatic rings. The Morgan fingerprint density at radius 1 is 1.38 bits per heavy atom. The first-order chi connectivity index (χ1) is 12.6. The first-order valence-corrected chi connectivity index (χ1v) is 9.45. The van der Waals surface area contributed by atoms with Crippen molar-refractivity contribution >= 4 is 5.69 Å². The first kappa shape index (κ1) is 17.5. The Bertz CT molecular complexity index is 800. The summed E-state index contributed by atoms with van der Waals surface area (Å²) in [6, 6.07) is 4.78. The summed E-state index contributed by atoms with van der Waals surface area (Å²) in [6.07, 6.45) is 3.12. The van der Waals surface area contributed by atoms with Gasteiger partial charge in [0.05, 0.1) is 17.8 Å². The summed E-state index contributed by atoms with van der Waals surface area (Å²) < 4.78 is 19.5. The molecule has 2 aromatic rings. The number of aliphatic hydroxyl groups is 1. The molecule has 1 fully saturated rings. The Labute approximate surface area is 153 Å². The molecule has 3 heterocycles. The highest BCUT2D eigenvalue weighted by Crippen LogP contribution is 2.51. The lowest BCUT2D eigenvalue weighted by Gasteiger charge is -2.39. The zero-order valence-electron chi connectivity index (χ0n) is 15.4. The number of hydrogen-bond donors (Lipinski definition) is 2. The Kier molecular flexibility index (Phi) is 4.49. The minimum Gasteiger partial charge on any atom is -0.396 e. The normalized spacial score (nSPS) is 25.5.